The zero-order valence-electron chi connectivity index (χ0n) is 35.0. The second-order valence-electron chi connectivity index (χ2n) is 15.6. The van der Waals surface area contributed by atoms with Crippen LogP contribution in [0.15, 0.2) is 73.1 Å². The molecule has 60 heavy (non-hydrogen) atoms. The van der Waals surface area contributed by atoms with Crippen LogP contribution in [0.1, 0.15) is 87.5 Å². The maximum atomic E-state index is 13.4. The fourth-order valence-corrected chi connectivity index (χ4v) is 6.52. The fourth-order valence-electron chi connectivity index (χ4n) is 6.52. The van der Waals surface area contributed by atoms with Crippen molar-refractivity contribution in [1.29, 1.82) is 0 Å². The van der Waals surface area contributed by atoms with Gasteiger partial charge in [-0.3, -0.25) is 19.7 Å². The van der Waals surface area contributed by atoms with Crippen molar-refractivity contribution in [2.45, 2.75) is 83.4 Å². The van der Waals surface area contributed by atoms with E-state index in [9.17, 15) is 14.4 Å². The largest absolute Gasteiger partial charge is 0.494 e. The molecular weight excluding hydrogens is 771 g/mol. The summed E-state index contributed by atoms with van der Waals surface area (Å²) in [5.41, 5.74) is 1.68. The van der Waals surface area contributed by atoms with Crippen LogP contribution < -0.4 is 15.4 Å². The van der Waals surface area contributed by atoms with Gasteiger partial charge in [-0.1, -0.05) is 24.6 Å². The Balaban J connectivity index is 1.06. The predicted molar refractivity (Wildman–Crippen MR) is 225 cm³/mol. The Bertz CT molecular complexity index is 1930. The molecular formula is C44H59N7O9. The Hall–Kier alpha value is -5.58. The summed E-state index contributed by atoms with van der Waals surface area (Å²) in [7, 11) is 0. The second kappa shape index (κ2) is 23.3. The number of hydrogen-bond donors (Lipinski definition) is 4. The average molecular weight is 830 g/mol. The molecule has 1 saturated heterocycles. The van der Waals surface area contributed by atoms with Crippen molar-refractivity contribution in [3.63, 3.8) is 0 Å². The van der Waals surface area contributed by atoms with E-state index >= 15 is 0 Å². The lowest BCUT2D eigenvalue weighted by atomic mass is 9.86. The molecule has 2 aromatic heterocycles. The maximum absolute atomic E-state index is 13.4. The van der Waals surface area contributed by atoms with E-state index in [0.29, 0.717) is 89.3 Å². The van der Waals surface area contributed by atoms with E-state index in [0.717, 1.165) is 48.2 Å². The first kappa shape index (κ1) is 45.5. The number of carboxylic acids is 1. The second-order valence-corrected chi connectivity index (χ2v) is 15.6. The zero-order valence-corrected chi connectivity index (χ0v) is 35.0. The van der Waals surface area contributed by atoms with E-state index in [1.165, 1.54) is 0 Å². The number of aromatic nitrogens is 4. The van der Waals surface area contributed by atoms with Gasteiger partial charge in [0.25, 0.3) is 5.91 Å². The van der Waals surface area contributed by atoms with E-state index in [1.807, 2.05) is 75.4 Å². The smallest absolute Gasteiger partial charge is 0.410 e. The lowest BCUT2D eigenvalue weighted by Gasteiger charge is -2.41. The lowest BCUT2D eigenvalue weighted by Crippen LogP contribution is -2.50. The molecule has 0 radical (unpaired) electrons. The summed E-state index contributed by atoms with van der Waals surface area (Å²) in [5, 5.41) is 22.9. The summed E-state index contributed by atoms with van der Waals surface area (Å²) in [6.07, 6.45) is 8.01. The van der Waals surface area contributed by atoms with Crippen LogP contribution in [-0.2, 0) is 35.8 Å². The number of likely N-dealkylation sites (tertiary alicyclic amines) is 1. The van der Waals surface area contributed by atoms with Crippen LogP contribution in [0, 0.1) is 0 Å². The van der Waals surface area contributed by atoms with Crippen LogP contribution in [0.3, 0.4) is 0 Å². The minimum atomic E-state index is -0.874. The van der Waals surface area contributed by atoms with Gasteiger partial charge in [0.05, 0.1) is 46.1 Å². The normalized spacial score (nSPS) is 13.8. The summed E-state index contributed by atoms with van der Waals surface area (Å²) < 4.78 is 27.9. The van der Waals surface area contributed by atoms with Gasteiger partial charge in [-0.15, -0.1) is 0 Å². The number of aliphatic carboxylic acids is 1. The molecule has 1 fully saturated rings. The minimum absolute atomic E-state index is 0.00535. The van der Waals surface area contributed by atoms with Crippen molar-refractivity contribution in [3.05, 3.63) is 90.0 Å². The third kappa shape index (κ3) is 15.2. The maximum Gasteiger partial charge on any atom is 0.410 e. The Morgan fingerprint density at radius 1 is 0.833 bits per heavy atom. The van der Waals surface area contributed by atoms with Gasteiger partial charge in [0, 0.05) is 55.4 Å². The summed E-state index contributed by atoms with van der Waals surface area (Å²) >= 11 is 0. The van der Waals surface area contributed by atoms with Gasteiger partial charge in [-0.05, 0) is 101 Å². The van der Waals surface area contributed by atoms with Crippen molar-refractivity contribution < 1.29 is 43.2 Å². The molecule has 0 atom stereocenters. The van der Waals surface area contributed by atoms with Crippen LogP contribution in [0.2, 0.25) is 0 Å². The molecule has 0 aliphatic carbocycles. The number of H-pyrrole nitrogens is 1. The average Bonchev–Trinajstić information content (AvgIpc) is 3.74. The van der Waals surface area contributed by atoms with Crippen LogP contribution in [0.25, 0.3) is 11.4 Å². The van der Waals surface area contributed by atoms with Gasteiger partial charge in [-0.25, -0.2) is 9.78 Å². The molecule has 0 saturated carbocycles. The summed E-state index contributed by atoms with van der Waals surface area (Å²) in [5.74, 6) is 0.845. The Kier molecular flexibility index (Phi) is 17.6. The molecule has 1 aliphatic rings. The molecule has 16 heteroatoms. The van der Waals surface area contributed by atoms with E-state index in [4.69, 9.17) is 33.8 Å². The number of anilines is 1. The van der Waals surface area contributed by atoms with Crippen LogP contribution in [-0.4, -0.2) is 113 Å². The topological polar surface area (TPSA) is 199 Å². The molecule has 324 valence electrons. The number of hydrogen-bond acceptors (Lipinski definition) is 12. The zero-order chi connectivity index (χ0) is 42.6. The summed E-state index contributed by atoms with van der Waals surface area (Å²) in [6.45, 7) is 9.99. The van der Waals surface area contributed by atoms with E-state index < -0.39 is 17.1 Å². The highest BCUT2D eigenvalue weighted by Gasteiger charge is 2.41. The number of rotatable bonds is 24. The van der Waals surface area contributed by atoms with Crippen LogP contribution in [0.4, 0.5) is 10.5 Å². The van der Waals surface area contributed by atoms with E-state index in [1.54, 1.807) is 23.4 Å². The fraction of sp³-hybridized carbons (Fsp3) is 0.500. The molecule has 4 N–H and O–H groups in total. The number of nitrogens with zero attached hydrogens (tertiary/aromatic N) is 4. The summed E-state index contributed by atoms with van der Waals surface area (Å²) in [4.78, 5) is 47.5. The highest BCUT2D eigenvalue weighted by Crippen LogP contribution is 2.36. The predicted octanol–water partition coefficient (Wildman–Crippen LogP) is 6.60. The first-order valence-electron chi connectivity index (χ1n) is 20.6. The van der Waals surface area contributed by atoms with Crippen molar-refractivity contribution in [1.82, 2.24) is 30.4 Å². The van der Waals surface area contributed by atoms with Gasteiger partial charge in [0.15, 0.2) is 11.6 Å². The van der Waals surface area contributed by atoms with Gasteiger partial charge in [0.2, 0.25) is 0 Å². The molecule has 5 rings (SSSR count). The first-order chi connectivity index (χ1) is 29.0. The van der Waals surface area contributed by atoms with Crippen molar-refractivity contribution in [3.8, 4) is 17.1 Å². The van der Waals surface area contributed by atoms with E-state index in [-0.39, 0.29) is 25.0 Å². The third-order valence-corrected chi connectivity index (χ3v) is 9.66. The van der Waals surface area contributed by atoms with Gasteiger partial charge in [-0.2, -0.15) is 5.10 Å². The molecule has 0 spiro atoms. The lowest BCUT2D eigenvalue weighted by molar-refractivity contribution is -0.138. The van der Waals surface area contributed by atoms with E-state index in [2.05, 4.69) is 25.8 Å². The Morgan fingerprint density at radius 3 is 2.23 bits per heavy atom. The number of pyridine rings is 1. The minimum Gasteiger partial charge on any atom is -0.494 e. The van der Waals surface area contributed by atoms with Gasteiger partial charge in [0.1, 0.15) is 16.9 Å². The number of benzene rings is 2. The number of carboxylic acid groups (broad SMARTS) is 1. The SMILES string of the molecule is CC(C)(C)OC(=O)N1CCC(Nc2cccc(C(=O)NCc3cccc(OCCCCCCOCCOCCOCCC(=O)O)c3)c2)(c2nc(-c3ccncc3)n[nH]2)CC1. The number of aromatic amines is 1. The summed E-state index contributed by atoms with van der Waals surface area (Å²) in [6, 6.07) is 18.8. The molecule has 16 nitrogen and oxygen atoms in total. The number of nitrogens with one attached hydrogen (secondary N) is 3. The number of piperidine rings is 1. The highest BCUT2D eigenvalue weighted by atomic mass is 16.6. The molecule has 0 bridgehead atoms. The Morgan fingerprint density at radius 2 is 1.52 bits per heavy atom. The molecule has 3 heterocycles. The number of amides is 2. The molecule has 0 unspecified atom stereocenters. The standard InChI is InChI=1S/C44H59N7O9/c1-43(2,3)60-42(55)51-21-17-44(18-22-51,41-47-39(49-50-41)34-14-19-45-20-15-34)48-36-12-9-11-35(31-36)40(54)46-32-33-10-8-13-37(30-33)59-24-7-5-4-6-23-56-26-28-58-29-27-57-25-16-38(52)53/h8-15,19-20,30-31,48H,4-7,16-18,21-29,32H2,1-3H3,(H,46,54)(H,52,53)(H,47,49,50). The van der Waals surface area contributed by atoms with Crippen LogP contribution in [0.5, 0.6) is 5.75 Å². The Labute approximate surface area is 351 Å². The van der Waals surface area contributed by atoms with Crippen molar-refractivity contribution in [2.75, 3.05) is 64.7 Å². The first-order valence-corrected chi connectivity index (χ1v) is 20.6. The van der Waals surface area contributed by atoms with Gasteiger partial charge < -0.3 is 44.3 Å². The number of carbonyl (C=O) groups is 3. The third-order valence-electron chi connectivity index (χ3n) is 9.66. The monoisotopic (exact) mass is 829 g/mol. The molecule has 4 aromatic rings. The number of unbranched alkanes of at least 4 members (excludes halogenated alkanes) is 3. The molecule has 1 aliphatic heterocycles. The highest BCUT2D eigenvalue weighted by molar-refractivity contribution is 5.95. The van der Waals surface area contributed by atoms with Crippen molar-refractivity contribution in [2.24, 2.45) is 0 Å². The number of carbonyl (C=O) groups excluding carboxylic acids is 2. The van der Waals surface area contributed by atoms with Gasteiger partial charge >= 0.3 is 12.1 Å². The van der Waals surface area contributed by atoms with Crippen LogP contribution >= 0.6 is 0 Å². The number of ether oxygens (including phenoxy) is 5. The molecule has 2 amide bonds. The van der Waals surface area contributed by atoms with Crippen molar-refractivity contribution >= 4 is 23.7 Å². The molecule has 2 aromatic carbocycles. The quantitative estimate of drug-likeness (QED) is 0.0552.